The zero-order chi connectivity index (χ0) is 22.1. The molecule has 2 aliphatic rings. The number of hydrogen-bond acceptors (Lipinski definition) is 5. The van der Waals surface area contributed by atoms with E-state index < -0.39 is 0 Å². The SMILES string of the molecule is CCNC(=NCc1ccc(CN2CCN(C)CC2)cc1)N1CCN(C(=O)OCC)CC1. The van der Waals surface area contributed by atoms with Gasteiger partial charge in [0, 0.05) is 65.4 Å². The highest BCUT2D eigenvalue weighted by molar-refractivity contribution is 5.80. The molecule has 1 N–H and O–H groups in total. The van der Waals surface area contributed by atoms with Crippen LogP contribution in [0, 0.1) is 0 Å². The molecule has 0 atom stereocenters. The van der Waals surface area contributed by atoms with Gasteiger partial charge in [-0.2, -0.15) is 0 Å². The van der Waals surface area contributed by atoms with Crippen molar-refractivity contribution in [3.05, 3.63) is 35.4 Å². The number of nitrogens with zero attached hydrogens (tertiary/aromatic N) is 5. The molecule has 2 saturated heterocycles. The maximum Gasteiger partial charge on any atom is 0.409 e. The van der Waals surface area contributed by atoms with E-state index in [4.69, 9.17) is 9.73 Å². The second kappa shape index (κ2) is 11.9. The van der Waals surface area contributed by atoms with Crippen molar-refractivity contribution in [1.82, 2.24) is 24.9 Å². The lowest BCUT2D eigenvalue weighted by Crippen LogP contribution is -2.53. The monoisotopic (exact) mass is 430 g/mol. The number of rotatable bonds is 6. The van der Waals surface area contributed by atoms with Crippen LogP contribution in [0.3, 0.4) is 0 Å². The van der Waals surface area contributed by atoms with Crippen LogP contribution in [-0.4, -0.2) is 104 Å². The molecule has 31 heavy (non-hydrogen) atoms. The maximum atomic E-state index is 11.9. The van der Waals surface area contributed by atoms with Crippen molar-refractivity contribution in [2.24, 2.45) is 4.99 Å². The van der Waals surface area contributed by atoms with E-state index in [-0.39, 0.29) is 6.09 Å². The molecule has 1 aromatic rings. The number of amides is 1. The van der Waals surface area contributed by atoms with Gasteiger partial charge in [-0.1, -0.05) is 24.3 Å². The standard InChI is InChI=1S/C23H38N6O2/c1-4-24-22(28-14-16-29(17-15-28)23(30)31-5-2)25-18-20-6-8-21(9-7-20)19-27-12-10-26(3)11-13-27/h6-9H,4-5,10-19H2,1-3H3,(H,24,25). The molecule has 0 spiro atoms. The molecule has 0 bridgehead atoms. The number of nitrogens with one attached hydrogen (secondary N) is 1. The first-order valence-corrected chi connectivity index (χ1v) is 11.5. The first-order valence-electron chi connectivity index (χ1n) is 11.5. The van der Waals surface area contributed by atoms with Crippen LogP contribution < -0.4 is 5.32 Å². The van der Waals surface area contributed by atoms with Crippen molar-refractivity contribution in [2.45, 2.75) is 26.9 Å². The quantitative estimate of drug-likeness (QED) is 0.547. The molecule has 1 aromatic carbocycles. The topological polar surface area (TPSA) is 63.7 Å². The maximum absolute atomic E-state index is 11.9. The highest BCUT2D eigenvalue weighted by atomic mass is 16.6. The summed E-state index contributed by atoms with van der Waals surface area (Å²) in [5.74, 6) is 0.910. The Hall–Kier alpha value is -2.32. The van der Waals surface area contributed by atoms with Crippen LogP contribution in [0.15, 0.2) is 29.3 Å². The van der Waals surface area contributed by atoms with E-state index >= 15 is 0 Å². The van der Waals surface area contributed by atoms with Crippen LogP contribution in [0.25, 0.3) is 0 Å². The van der Waals surface area contributed by atoms with Crippen LogP contribution in [0.5, 0.6) is 0 Å². The molecule has 2 aliphatic heterocycles. The molecule has 8 heteroatoms. The Morgan fingerprint density at radius 3 is 2.16 bits per heavy atom. The van der Waals surface area contributed by atoms with E-state index in [0.29, 0.717) is 26.2 Å². The molecule has 0 radical (unpaired) electrons. The van der Waals surface area contributed by atoms with E-state index in [0.717, 1.165) is 58.3 Å². The number of guanidine groups is 1. The van der Waals surface area contributed by atoms with E-state index in [1.54, 1.807) is 4.90 Å². The lowest BCUT2D eigenvalue weighted by atomic mass is 10.1. The molecule has 0 aliphatic carbocycles. The first kappa shape index (κ1) is 23.3. The van der Waals surface area contributed by atoms with Gasteiger partial charge in [-0.15, -0.1) is 0 Å². The molecule has 8 nitrogen and oxygen atoms in total. The van der Waals surface area contributed by atoms with Gasteiger partial charge >= 0.3 is 6.09 Å². The Morgan fingerprint density at radius 2 is 1.55 bits per heavy atom. The number of hydrogen-bond donors (Lipinski definition) is 1. The minimum atomic E-state index is -0.222. The van der Waals surface area contributed by atoms with E-state index in [9.17, 15) is 4.79 Å². The molecule has 2 fully saturated rings. The minimum Gasteiger partial charge on any atom is -0.450 e. The zero-order valence-electron chi connectivity index (χ0n) is 19.3. The fourth-order valence-electron chi connectivity index (χ4n) is 3.92. The minimum absolute atomic E-state index is 0.222. The number of likely N-dealkylation sites (N-methyl/N-ethyl adjacent to an activating group) is 1. The normalized spacial score (nSPS) is 18.9. The Bertz CT molecular complexity index is 707. The lowest BCUT2D eigenvalue weighted by molar-refractivity contribution is 0.0914. The summed E-state index contributed by atoms with van der Waals surface area (Å²) in [6.45, 7) is 14.2. The summed E-state index contributed by atoms with van der Waals surface area (Å²) in [4.78, 5) is 25.7. The van der Waals surface area contributed by atoms with Crippen molar-refractivity contribution >= 4 is 12.1 Å². The molecule has 2 heterocycles. The number of benzene rings is 1. The molecule has 1 amide bonds. The van der Waals surface area contributed by atoms with Gasteiger partial charge in [-0.3, -0.25) is 4.90 Å². The third kappa shape index (κ3) is 7.11. The van der Waals surface area contributed by atoms with Crippen LogP contribution in [0.2, 0.25) is 0 Å². The van der Waals surface area contributed by atoms with Crippen molar-refractivity contribution < 1.29 is 9.53 Å². The second-order valence-electron chi connectivity index (χ2n) is 8.24. The van der Waals surface area contributed by atoms with Crippen LogP contribution in [-0.2, 0) is 17.8 Å². The Balaban J connectivity index is 1.51. The third-order valence-electron chi connectivity index (χ3n) is 5.88. The summed E-state index contributed by atoms with van der Waals surface area (Å²) in [6.07, 6.45) is -0.222. The van der Waals surface area contributed by atoms with Crippen molar-refractivity contribution in [1.29, 1.82) is 0 Å². The molecule has 0 saturated carbocycles. The van der Waals surface area contributed by atoms with Gasteiger partial charge < -0.3 is 24.8 Å². The van der Waals surface area contributed by atoms with Crippen molar-refractivity contribution in [3.63, 3.8) is 0 Å². The molecule has 172 valence electrons. The number of carbonyl (C=O) groups excluding carboxylic acids is 1. The molecule has 0 aromatic heterocycles. The summed E-state index contributed by atoms with van der Waals surface area (Å²) in [7, 11) is 2.19. The molecule has 0 unspecified atom stereocenters. The largest absolute Gasteiger partial charge is 0.450 e. The second-order valence-corrected chi connectivity index (χ2v) is 8.24. The number of carbonyl (C=O) groups is 1. The Morgan fingerprint density at radius 1 is 0.935 bits per heavy atom. The van der Waals surface area contributed by atoms with Crippen LogP contribution in [0.1, 0.15) is 25.0 Å². The molecule has 3 rings (SSSR count). The summed E-state index contributed by atoms with van der Waals surface area (Å²) in [6, 6.07) is 8.84. The van der Waals surface area contributed by atoms with Crippen molar-refractivity contribution in [2.75, 3.05) is 72.6 Å². The van der Waals surface area contributed by atoms with Gasteiger partial charge in [0.15, 0.2) is 5.96 Å². The smallest absolute Gasteiger partial charge is 0.409 e. The summed E-state index contributed by atoms with van der Waals surface area (Å²) in [5.41, 5.74) is 2.57. The van der Waals surface area contributed by atoms with Gasteiger partial charge in [0.1, 0.15) is 0 Å². The summed E-state index contributed by atoms with van der Waals surface area (Å²) < 4.78 is 5.11. The fourth-order valence-corrected chi connectivity index (χ4v) is 3.92. The summed E-state index contributed by atoms with van der Waals surface area (Å²) in [5, 5.41) is 3.39. The highest BCUT2D eigenvalue weighted by Crippen LogP contribution is 2.11. The Labute approximate surface area is 186 Å². The van der Waals surface area contributed by atoms with Gasteiger partial charge in [-0.25, -0.2) is 9.79 Å². The van der Waals surface area contributed by atoms with Gasteiger partial charge in [0.25, 0.3) is 0 Å². The lowest BCUT2D eigenvalue weighted by Gasteiger charge is -2.35. The van der Waals surface area contributed by atoms with E-state index in [1.165, 1.54) is 11.1 Å². The van der Waals surface area contributed by atoms with E-state index in [2.05, 4.69) is 58.3 Å². The van der Waals surface area contributed by atoms with Crippen molar-refractivity contribution in [3.8, 4) is 0 Å². The fraction of sp³-hybridized carbons (Fsp3) is 0.652. The molecular weight excluding hydrogens is 392 g/mol. The van der Waals surface area contributed by atoms with Crippen LogP contribution >= 0.6 is 0 Å². The van der Waals surface area contributed by atoms with Crippen LogP contribution in [0.4, 0.5) is 4.79 Å². The number of piperazine rings is 2. The average Bonchev–Trinajstić information content (AvgIpc) is 2.79. The summed E-state index contributed by atoms with van der Waals surface area (Å²) >= 11 is 0. The predicted octanol–water partition coefficient (Wildman–Crippen LogP) is 1.67. The zero-order valence-corrected chi connectivity index (χ0v) is 19.3. The van der Waals surface area contributed by atoms with Gasteiger partial charge in [0.2, 0.25) is 0 Å². The first-order chi connectivity index (χ1) is 15.1. The highest BCUT2D eigenvalue weighted by Gasteiger charge is 2.23. The van der Waals surface area contributed by atoms with Gasteiger partial charge in [0.05, 0.1) is 13.2 Å². The van der Waals surface area contributed by atoms with E-state index in [1.807, 2.05) is 6.92 Å². The Kier molecular flexibility index (Phi) is 8.97. The average molecular weight is 431 g/mol. The number of ether oxygens (including phenoxy) is 1. The predicted molar refractivity (Wildman–Crippen MR) is 124 cm³/mol. The van der Waals surface area contributed by atoms with Gasteiger partial charge in [-0.05, 0) is 32.0 Å². The molecular formula is C23H38N6O2. The number of aliphatic imine (C=N–C) groups is 1. The third-order valence-corrected chi connectivity index (χ3v) is 5.88.